The summed E-state index contributed by atoms with van der Waals surface area (Å²) in [4.78, 5) is 4.23. The Morgan fingerprint density at radius 3 is 2.14 bits per heavy atom. The van der Waals surface area contributed by atoms with Gasteiger partial charge in [0.1, 0.15) is 0 Å². The molecule has 0 aromatic rings. The van der Waals surface area contributed by atoms with E-state index in [0.717, 1.165) is 25.4 Å². The van der Waals surface area contributed by atoms with E-state index in [1.807, 2.05) is 6.21 Å². The highest BCUT2D eigenvalue weighted by atomic mass is 28.4. The average molecular weight is 219 g/mol. The molecule has 4 nitrogen and oxygen atoms in total. The van der Waals surface area contributed by atoms with Gasteiger partial charge in [-0.15, -0.1) is 0 Å². The van der Waals surface area contributed by atoms with Crippen LogP contribution >= 0.6 is 0 Å². The zero-order chi connectivity index (χ0) is 10.9. The van der Waals surface area contributed by atoms with Crippen molar-refractivity contribution in [2.24, 2.45) is 4.99 Å². The van der Waals surface area contributed by atoms with Gasteiger partial charge in [0.25, 0.3) is 0 Å². The van der Waals surface area contributed by atoms with Gasteiger partial charge in [-0.1, -0.05) is 6.92 Å². The van der Waals surface area contributed by atoms with Crippen molar-refractivity contribution in [2.75, 3.05) is 27.9 Å². The second kappa shape index (κ2) is 8.11. The summed E-state index contributed by atoms with van der Waals surface area (Å²) in [6.45, 7) is 2.89. The molecule has 0 bridgehead atoms. The first-order valence-corrected chi connectivity index (χ1v) is 6.81. The Morgan fingerprint density at radius 1 is 1.14 bits per heavy atom. The van der Waals surface area contributed by atoms with Crippen molar-refractivity contribution in [2.45, 2.75) is 25.8 Å². The van der Waals surface area contributed by atoms with Crippen LogP contribution in [0.5, 0.6) is 0 Å². The molecule has 0 rings (SSSR count). The topological polar surface area (TPSA) is 40.0 Å². The highest BCUT2D eigenvalue weighted by Gasteiger charge is 2.36. The molecule has 0 amide bonds. The van der Waals surface area contributed by atoms with E-state index in [1.165, 1.54) is 0 Å². The summed E-state index contributed by atoms with van der Waals surface area (Å²) in [5.41, 5.74) is 0. The normalized spacial score (nSPS) is 12.6. The van der Waals surface area contributed by atoms with Crippen LogP contribution in [0.3, 0.4) is 0 Å². The summed E-state index contributed by atoms with van der Waals surface area (Å²) in [5, 5.41) is 0. The van der Waals surface area contributed by atoms with Crippen molar-refractivity contribution in [3.05, 3.63) is 0 Å². The number of rotatable bonds is 8. The third kappa shape index (κ3) is 4.85. The Labute approximate surface area is 87.6 Å². The molecule has 0 aliphatic rings. The van der Waals surface area contributed by atoms with Crippen molar-refractivity contribution in [3.63, 3.8) is 0 Å². The minimum atomic E-state index is -2.35. The van der Waals surface area contributed by atoms with Crippen LogP contribution in [0.25, 0.3) is 0 Å². The first-order valence-electron chi connectivity index (χ1n) is 4.88. The lowest BCUT2D eigenvalue weighted by atomic mass is 10.5. The Balaban J connectivity index is 3.76. The molecule has 0 radical (unpaired) electrons. The van der Waals surface area contributed by atoms with Crippen molar-refractivity contribution in [1.29, 1.82) is 0 Å². The summed E-state index contributed by atoms with van der Waals surface area (Å²) in [5.74, 6) is 0. The molecule has 0 saturated carbocycles. The lowest BCUT2D eigenvalue weighted by molar-refractivity contribution is 0.123. The second-order valence-corrected chi connectivity index (χ2v) is 5.99. The fourth-order valence-electron chi connectivity index (χ4n) is 1.16. The van der Waals surface area contributed by atoms with Crippen molar-refractivity contribution < 1.29 is 13.3 Å². The molecule has 0 aliphatic carbocycles. The van der Waals surface area contributed by atoms with Gasteiger partial charge >= 0.3 is 8.80 Å². The van der Waals surface area contributed by atoms with Crippen molar-refractivity contribution in [1.82, 2.24) is 0 Å². The first-order chi connectivity index (χ1) is 6.74. The molecule has 0 atom stereocenters. The maximum absolute atomic E-state index is 5.29. The van der Waals surface area contributed by atoms with Crippen LogP contribution < -0.4 is 0 Å². The van der Waals surface area contributed by atoms with E-state index in [4.69, 9.17) is 13.3 Å². The van der Waals surface area contributed by atoms with Gasteiger partial charge in [0.05, 0.1) is 0 Å². The summed E-state index contributed by atoms with van der Waals surface area (Å²) in [6, 6.07) is 0.817. The van der Waals surface area contributed by atoms with E-state index in [1.54, 1.807) is 21.3 Å². The van der Waals surface area contributed by atoms with Crippen LogP contribution in [0.4, 0.5) is 0 Å². The molecule has 0 aliphatic heterocycles. The van der Waals surface area contributed by atoms with Gasteiger partial charge in [-0.25, -0.2) is 0 Å². The van der Waals surface area contributed by atoms with E-state index < -0.39 is 8.80 Å². The van der Waals surface area contributed by atoms with E-state index in [9.17, 15) is 0 Å². The molecule has 0 aromatic carbocycles. The maximum Gasteiger partial charge on any atom is 0.500 e. The molecule has 84 valence electrons. The largest absolute Gasteiger partial charge is 0.500 e. The Morgan fingerprint density at radius 2 is 1.71 bits per heavy atom. The molecule has 0 fully saturated rings. The number of hydrogen-bond donors (Lipinski definition) is 0. The monoisotopic (exact) mass is 219 g/mol. The summed E-state index contributed by atoms with van der Waals surface area (Å²) < 4.78 is 15.9. The minimum absolute atomic E-state index is 0.817. The highest BCUT2D eigenvalue weighted by molar-refractivity contribution is 6.60. The Bertz CT molecular complexity index is 152. The van der Waals surface area contributed by atoms with Gasteiger partial charge in [0.2, 0.25) is 0 Å². The van der Waals surface area contributed by atoms with Gasteiger partial charge in [-0.05, 0) is 19.1 Å². The third-order valence-corrected chi connectivity index (χ3v) is 4.85. The van der Waals surface area contributed by atoms with Crippen LogP contribution in [-0.2, 0) is 13.3 Å². The molecule has 0 spiro atoms. The number of aliphatic imine (C=N–C) groups is 1. The minimum Gasteiger partial charge on any atom is -0.377 e. The van der Waals surface area contributed by atoms with E-state index in [2.05, 4.69) is 11.9 Å². The molecular weight excluding hydrogens is 198 g/mol. The fourth-order valence-corrected chi connectivity index (χ4v) is 2.87. The second-order valence-electron chi connectivity index (χ2n) is 2.90. The predicted molar refractivity (Wildman–Crippen MR) is 59.9 cm³/mol. The predicted octanol–water partition coefficient (Wildman–Crippen LogP) is 1.74. The molecular formula is C9H21NO3Si. The molecule has 0 saturated heterocycles. The zero-order valence-electron chi connectivity index (χ0n) is 9.58. The van der Waals surface area contributed by atoms with E-state index >= 15 is 0 Å². The van der Waals surface area contributed by atoms with Gasteiger partial charge in [0.15, 0.2) is 0 Å². The molecule has 0 unspecified atom stereocenters. The SMILES string of the molecule is CCC=NCCC[Si](OC)(OC)OC. The maximum atomic E-state index is 5.29. The molecule has 5 heteroatoms. The smallest absolute Gasteiger partial charge is 0.377 e. The standard InChI is InChI=1S/C9H21NO3Si/c1-5-7-10-8-6-9-14(11-2,12-3)13-4/h7H,5-6,8-9H2,1-4H3. The molecule has 14 heavy (non-hydrogen) atoms. The van der Waals surface area contributed by atoms with Gasteiger partial charge in [0, 0.05) is 33.9 Å². The number of nitrogens with zero attached hydrogens (tertiary/aromatic N) is 1. The van der Waals surface area contributed by atoms with Gasteiger partial charge in [-0.2, -0.15) is 0 Å². The number of hydrogen-bond acceptors (Lipinski definition) is 4. The van der Waals surface area contributed by atoms with Crippen molar-refractivity contribution >= 4 is 15.0 Å². The molecule has 0 aromatic heterocycles. The zero-order valence-corrected chi connectivity index (χ0v) is 10.6. The van der Waals surface area contributed by atoms with Crippen LogP contribution in [0.2, 0.25) is 6.04 Å². The summed E-state index contributed by atoms with van der Waals surface area (Å²) in [7, 11) is 2.55. The highest BCUT2D eigenvalue weighted by Crippen LogP contribution is 2.14. The van der Waals surface area contributed by atoms with Crippen LogP contribution in [0.15, 0.2) is 4.99 Å². The lowest BCUT2D eigenvalue weighted by Crippen LogP contribution is -2.42. The lowest BCUT2D eigenvalue weighted by Gasteiger charge is -2.23. The average Bonchev–Trinajstić information content (AvgIpc) is 2.24. The van der Waals surface area contributed by atoms with Gasteiger partial charge < -0.3 is 13.3 Å². The third-order valence-electron chi connectivity index (χ3n) is 2.01. The van der Waals surface area contributed by atoms with Crippen LogP contribution in [-0.4, -0.2) is 42.9 Å². The summed E-state index contributed by atoms with van der Waals surface area (Å²) in [6.07, 6.45) is 3.86. The Kier molecular flexibility index (Phi) is 7.97. The Hall–Kier alpha value is -0.233. The van der Waals surface area contributed by atoms with Crippen LogP contribution in [0.1, 0.15) is 19.8 Å². The molecule has 0 N–H and O–H groups in total. The fraction of sp³-hybridized carbons (Fsp3) is 0.889. The molecule has 0 heterocycles. The van der Waals surface area contributed by atoms with Gasteiger partial charge in [-0.3, -0.25) is 4.99 Å². The van der Waals surface area contributed by atoms with Crippen molar-refractivity contribution in [3.8, 4) is 0 Å². The first kappa shape index (κ1) is 13.8. The summed E-state index contributed by atoms with van der Waals surface area (Å²) >= 11 is 0. The van der Waals surface area contributed by atoms with E-state index in [-0.39, 0.29) is 0 Å². The van der Waals surface area contributed by atoms with Crippen LogP contribution in [0, 0.1) is 0 Å². The van der Waals surface area contributed by atoms with E-state index in [0.29, 0.717) is 0 Å². The quantitative estimate of drug-likeness (QED) is 0.355.